The summed E-state index contributed by atoms with van der Waals surface area (Å²) in [5, 5.41) is 0. The van der Waals surface area contributed by atoms with Crippen molar-refractivity contribution in [1.29, 1.82) is 0 Å². The van der Waals surface area contributed by atoms with Gasteiger partial charge in [0.1, 0.15) is 0 Å². The highest BCUT2D eigenvalue weighted by Crippen LogP contribution is 2.46. The second kappa shape index (κ2) is 7.39. The second-order valence-electron chi connectivity index (χ2n) is 8.35. The molecule has 4 heterocycles. The quantitative estimate of drug-likeness (QED) is 0.793. The van der Waals surface area contributed by atoms with Crippen molar-refractivity contribution in [1.82, 2.24) is 4.90 Å². The molecule has 6 heteroatoms. The summed E-state index contributed by atoms with van der Waals surface area (Å²) in [6.07, 6.45) is 3.66. The predicted molar refractivity (Wildman–Crippen MR) is 104 cm³/mol. The normalized spacial score (nSPS) is 27.0. The van der Waals surface area contributed by atoms with Gasteiger partial charge in [0, 0.05) is 44.2 Å². The fourth-order valence-corrected chi connectivity index (χ4v) is 6.15. The molecule has 5 nitrogen and oxygen atoms in total. The van der Waals surface area contributed by atoms with Gasteiger partial charge < -0.3 is 19.1 Å². The number of thioether (sulfide) groups is 1. The first-order chi connectivity index (χ1) is 13.2. The molecule has 3 fully saturated rings. The predicted octanol–water partition coefficient (Wildman–Crippen LogP) is 2.86. The fraction of sp³-hybridized carbons (Fsp3) is 0.667. The number of benzene rings is 1. The molecule has 1 aromatic rings. The van der Waals surface area contributed by atoms with E-state index in [1.165, 1.54) is 5.56 Å². The highest BCUT2D eigenvalue weighted by molar-refractivity contribution is 8.01. The maximum atomic E-state index is 12.8. The first-order valence-electron chi connectivity index (χ1n) is 10.0. The lowest BCUT2D eigenvalue weighted by atomic mass is 9.91. The van der Waals surface area contributed by atoms with E-state index >= 15 is 0 Å². The molecule has 0 aliphatic carbocycles. The van der Waals surface area contributed by atoms with Gasteiger partial charge in [0.25, 0.3) is 5.91 Å². The maximum Gasteiger partial charge on any atom is 0.253 e. The summed E-state index contributed by atoms with van der Waals surface area (Å²) in [6.45, 7) is 5.62. The Morgan fingerprint density at radius 2 is 2.00 bits per heavy atom. The van der Waals surface area contributed by atoms with E-state index in [2.05, 4.69) is 0 Å². The number of likely N-dealkylation sites (tertiary alicyclic amines) is 1. The van der Waals surface area contributed by atoms with Crippen LogP contribution in [0.1, 0.15) is 40.7 Å². The Morgan fingerprint density at radius 3 is 2.85 bits per heavy atom. The highest BCUT2D eigenvalue weighted by Gasteiger charge is 2.51. The van der Waals surface area contributed by atoms with E-state index in [9.17, 15) is 4.79 Å². The number of carbonyl (C=O) groups excluding carboxylic acids is 1. The average Bonchev–Trinajstić information content (AvgIpc) is 3.32. The van der Waals surface area contributed by atoms with E-state index in [4.69, 9.17) is 14.2 Å². The Kier molecular flexibility index (Phi) is 4.92. The van der Waals surface area contributed by atoms with Gasteiger partial charge in [0.2, 0.25) is 0 Å². The molecule has 0 bridgehead atoms. The molecular formula is C21H27NO4S. The van der Waals surface area contributed by atoms with Crippen LogP contribution in [0.4, 0.5) is 0 Å². The molecule has 0 saturated carbocycles. The minimum absolute atomic E-state index is 0.155. The average molecular weight is 390 g/mol. The van der Waals surface area contributed by atoms with Crippen molar-refractivity contribution >= 4 is 17.7 Å². The summed E-state index contributed by atoms with van der Waals surface area (Å²) < 4.78 is 17.3. The number of carbonyl (C=O) groups is 1. The third-order valence-electron chi connectivity index (χ3n) is 6.30. The molecule has 0 aromatic heterocycles. The van der Waals surface area contributed by atoms with E-state index in [0.717, 1.165) is 69.1 Å². The Bertz CT molecular complexity index is 712. The van der Waals surface area contributed by atoms with E-state index in [1.807, 2.05) is 34.9 Å². The first-order valence-corrected chi connectivity index (χ1v) is 11.0. The molecule has 4 aliphatic heterocycles. The summed E-state index contributed by atoms with van der Waals surface area (Å²) in [5.74, 6) is 1.87. The van der Waals surface area contributed by atoms with Crippen LogP contribution in [0.25, 0.3) is 0 Å². The highest BCUT2D eigenvalue weighted by atomic mass is 32.2. The Labute approximate surface area is 164 Å². The lowest BCUT2D eigenvalue weighted by molar-refractivity contribution is -0.0118. The van der Waals surface area contributed by atoms with Crippen molar-refractivity contribution in [2.24, 2.45) is 5.92 Å². The zero-order valence-corrected chi connectivity index (χ0v) is 16.5. The molecule has 0 unspecified atom stereocenters. The van der Waals surface area contributed by atoms with Gasteiger partial charge in [0.05, 0.1) is 24.1 Å². The zero-order valence-electron chi connectivity index (χ0n) is 15.7. The Hall–Kier alpha value is -1.08. The topological polar surface area (TPSA) is 48.0 Å². The molecular weight excluding hydrogens is 362 g/mol. The minimum Gasteiger partial charge on any atom is -0.381 e. The standard InChI is InChI=1S/C21H27NO4S/c23-20(16-1-2-17-10-25-11-18(17)7-16)22-13-21(14-22)8-19(12-27-21)26-9-15-3-5-24-6-4-15/h1-2,7,15,19H,3-6,8-14H2/t19-/m0/s1. The number of nitrogens with zero attached hydrogens (tertiary/aromatic N) is 1. The smallest absolute Gasteiger partial charge is 0.253 e. The van der Waals surface area contributed by atoms with Crippen LogP contribution >= 0.6 is 11.8 Å². The molecule has 1 amide bonds. The van der Waals surface area contributed by atoms with E-state index < -0.39 is 0 Å². The number of rotatable bonds is 4. The van der Waals surface area contributed by atoms with Gasteiger partial charge in [-0.3, -0.25) is 4.79 Å². The van der Waals surface area contributed by atoms with Crippen molar-refractivity contribution in [2.75, 3.05) is 38.7 Å². The number of amides is 1. The van der Waals surface area contributed by atoms with E-state index in [-0.39, 0.29) is 10.7 Å². The molecule has 4 aliphatic rings. The fourth-order valence-electron chi connectivity index (χ4n) is 4.60. The van der Waals surface area contributed by atoms with Crippen molar-refractivity contribution in [3.63, 3.8) is 0 Å². The van der Waals surface area contributed by atoms with Crippen LogP contribution in [0.5, 0.6) is 0 Å². The molecule has 5 rings (SSSR count). The number of hydrogen-bond donors (Lipinski definition) is 0. The van der Waals surface area contributed by atoms with Crippen LogP contribution in [0.3, 0.4) is 0 Å². The lowest BCUT2D eigenvalue weighted by Gasteiger charge is -2.47. The van der Waals surface area contributed by atoms with Gasteiger partial charge in [0.15, 0.2) is 0 Å². The Morgan fingerprint density at radius 1 is 1.19 bits per heavy atom. The number of fused-ring (bicyclic) bond motifs is 1. The molecule has 1 aromatic carbocycles. The molecule has 27 heavy (non-hydrogen) atoms. The molecule has 1 atom stereocenters. The lowest BCUT2D eigenvalue weighted by Crippen LogP contribution is -2.60. The zero-order chi connectivity index (χ0) is 18.3. The van der Waals surface area contributed by atoms with Crippen molar-refractivity contribution < 1.29 is 19.0 Å². The molecule has 0 radical (unpaired) electrons. The van der Waals surface area contributed by atoms with Crippen molar-refractivity contribution in [3.8, 4) is 0 Å². The number of hydrogen-bond acceptors (Lipinski definition) is 5. The number of ether oxygens (including phenoxy) is 3. The Balaban J connectivity index is 1.12. The van der Waals surface area contributed by atoms with Crippen molar-refractivity contribution in [2.45, 2.75) is 43.3 Å². The third kappa shape index (κ3) is 3.65. The van der Waals surface area contributed by atoms with Gasteiger partial charge in [-0.05, 0) is 48.4 Å². The van der Waals surface area contributed by atoms with Crippen LogP contribution < -0.4 is 0 Å². The van der Waals surface area contributed by atoms with E-state index in [0.29, 0.717) is 25.2 Å². The van der Waals surface area contributed by atoms with Crippen LogP contribution in [-0.4, -0.2) is 60.3 Å². The largest absolute Gasteiger partial charge is 0.381 e. The summed E-state index contributed by atoms with van der Waals surface area (Å²) in [5.41, 5.74) is 3.17. The van der Waals surface area contributed by atoms with Gasteiger partial charge in [-0.15, -0.1) is 11.8 Å². The SMILES string of the molecule is O=C(c1ccc2c(c1)COC2)N1CC2(C[C@H](OCC3CCOCC3)CS2)C1. The van der Waals surface area contributed by atoms with Gasteiger partial charge >= 0.3 is 0 Å². The summed E-state index contributed by atoms with van der Waals surface area (Å²) in [6, 6.07) is 6.00. The molecule has 0 N–H and O–H groups in total. The molecule has 3 saturated heterocycles. The third-order valence-corrected chi connectivity index (χ3v) is 7.87. The monoisotopic (exact) mass is 389 g/mol. The van der Waals surface area contributed by atoms with Crippen molar-refractivity contribution in [3.05, 3.63) is 34.9 Å². The first kappa shape index (κ1) is 18.0. The minimum atomic E-state index is 0.155. The van der Waals surface area contributed by atoms with Gasteiger partial charge in [-0.2, -0.15) is 0 Å². The second-order valence-corrected chi connectivity index (χ2v) is 9.83. The van der Waals surface area contributed by atoms with Gasteiger partial charge in [-0.1, -0.05) is 6.07 Å². The summed E-state index contributed by atoms with van der Waals surface area (Å²) in [4.78, 5) is 14.8. The summed E-state index contributed by atoms with van der Waals surface area (Å²) >= 11 is 2.00. The van der Waals surface area contributed by atoms with Gasteiger partial charge in [-0.25, -0.2) is 0 Å². The van der Waals surface area contributed by atoms with Crippen LogP contribution in [0.15, 0.2) is 18.2 Å². The van der Waals surface area contributed by atoms with Crippen LogP contribution in [0, 0.1) is 5.92 Å². The maximum absolute atomic E-state index is 12.8. The molecule has 1 spiro atoms. The van der Waals surface area contributed by atoms with Crippen LogP contribution in [-0.2, 0) is 27.4 Å². The summed E-state index contributed by atoms with van der Waals surface area (Å²) in [7, 11) is 0. The van der Waals surface area contributed by atoms with Crippen LogP contribution in [0.2, 0.25) is 0 Å². The molecule has 146 valence electrons. The van der Waals surface area contributed by atoms with E-state index in [1.54, 1.807) is 0 Å².